The van der Waals surface area contributed by atoms with Gasteiger partial charge in [0.2, 0.25) is 0 Å². The van der Waals surface area contributed by atoms with Crippen molar-refractivity contribution in [3.05, 3.63) is 70.7 Å². The molecule has 0 saturated heterocycles. The first-order valence-electron chi connectivity index (χ1n) is 8.34. The molecule has 0 bridgehead atoms. The average molecular weight is 334 g/mol. The number of nitrogens with zero attached hydrogens (tertiary/aromatic N) is 3. The highest BCUT2D eigenvalue weighted by Crippen LogP contribution is 2.15. The molecular weight excluding hydrogens is 312 g/mol. The maximum absolute atomic E-state index is 12.5. The lowest BCUT2D eigenvalue weighted by Gasteiger charge is -2.04. The van der Waals surface area contributed by atoms with Crippen molar-refractivity contribution in [3.63, 3.8) is 0 Å². The highest BCUT2D eigenvalue weighted by molar-refractivity contribution is 5.95. The van der Waals surface area contributed by atoms with Crippen LogP contribution in [0.4, 0.5) is 0 Å². The van der Waals surface area contributed by atoms with Crippen LogP contribution in [-0.2, 0) is 0 Å². The number of hydrogen-bond donors (Lipinski definition) is 1. The molecule has 0 fully saturated rings. The zero-order valence-corrected chi connectivity index (χ0v) is 14.9. The highest BCUT2D eigenvalue weighted by atomic mass is 16.2. The minimum Gasteiger partial charge on any atom is -0.295 e. The second kappa shape index (κ2) is 6.89. The standard InChI is InChI=1S/C20H22N4O/c1-13(2)17-7-5-16(6-8-17)12-21-23-20(25)19-15(4)22-18-11-14(3)9-10-24(18)19/h5-13H,1-4H3,(H,23,25)/b21-12-. The molecule has 5 heteroatoms. The van der Waals surface area contributed by atoms with Gasteiger partial charge in [-0.25, -0.2) is 10.4 Å². The van der Waals surface area contributed by atoms with Crippen LogP contribution >= 0.6 is 0 Å². The van der Waals surface area contributed by atoms with Gasteiger partial charge in [0.05, 0.1) is 11.9 Å². The highest BCUT2D eigenvalue weighted by Gasteiger charge is 2.15. The summed E-state index contributed by atoms with van der Waals surface area (Å²) in [5, 5.41) is 4.07. The molecule has 0 atom stereocenters. The number of nitrogens with one attached hydrogen (secondary N) is 1. The van der Waals surface area contributed by atoms with Crippen LogP contribution in [0.25, 0.3) is 5.65 Å². The molecule has 1 aromatic carbocycles. The van der Waals surface area contributed by atoms with E-state index in [2.05, 4.69) is 41.5 Å². The number of aromatic nitrogens is 2. The third-order valence-corrected chi connectivity index (χ3v) is 4.15. The number of rotatable bonds is 4. The molecule has 0 aliphatic carbocycles. The van der Waals surface area contributed by atoms with E-state index in [1.807, 2.05) is 44.3 Å². The van der Waals surface area contributed by atoms with Crippen molar-refractivity contribution in [2.24, 2.45) is 5.10 Å². The molecule has 2 aromatic heterocycles. The lowest BCUT2D eigenvalue weighted by Crippen LogP contribution is -2.20. The van der Waals surface area contributed by atoms with E-state index in [-0.39, 0.29) is 5.91 Å². The number of carbonyl (C=O) groups excluding carboxylic acids is 1. The van der Waals surface area contributed by atoms with Gasteiger partial charge in [0.25, 0.3) is 5.91 Å². The van der Waals surface area contributed by atoms with Gasteiger partial charge >= 0.3 is 0 Å². The SMILES string of the molecule is Cc1ccn2c(C(=O)N/N=C\c3ccc(C(C)C)cc3)c(C)nc2c1. The Labute approximate surface area is 147 Å². The fourth-order valence-electron chi connectivity index (χ4n) is 2.72. The van der Waals surface area contributed by atoms with Crippen LogP contribution in [0.2, 0.25) is 0 Å². The van der Waals surface area contributed by atoms with Gasteiger partial charge in [-0.2, -0.15) is 5.10 Å². The Hall–Kier alpha value is -2.95. The van der Waals surface area contributed by atoms with E-state index in [9.17, 15) is 4.79 Å². The Bertz CT molecular complexity index is 936. The zero-order chi connectivity index (χ0) is 18.0. The van der Waals surface area contributed by atoms with Crippen LogP contribution in [0.1, 0.15) is 52.6 Å². The fraction of sp³-hybridized carbons (Fsp3) is 0.250. The molecule has 3 rings (SSSR count). The Kier molecular flexibility index (Phi) is 4.65. The maximum atomic E-state index is 12.5. The number of hydrazone groups is 1. The Balaban J connectivity index is 1.75. The third-order valence-electron chi connectivity index (χ3n) is 4.15. The Morgan fingerprint density at radius 3 is 2.60 bits per heavy atom. The summed E-state index contributed by atoms with van der Waals surface area (Å²) in [4.78, 5) is 16.9. The molecule has 1 amide bonds. The van der Waals surface area contributed by atoms with Gasteiger partial charge in [0.15, 0.2) is 0 Å². The Morgan fingerprint density at radius 1 is 1.20 bits per heavy atom. The summed E-state index contributed by atoms with van der Waals surface area (Å²) in [5.41, 5.74) is 7.85. The second-order valence-electron chi connectivity index (χ2n) is 6.50. The number of hydrogen-bond acceptors (Lipinski definition) is 3. The topological polar surface area (TPSA) is 58.8 Å². The van der Waals surface area contributed by atoms with E-state index >= 15 is 0 Å². The summed E-state index contributed by atoms with van der Waals surface area (Å²) in [6.45, 7) is 8.14. The lowest BCUT2D eigenvalue weighted by molar-refractivity contribution is 0.0948. The van der Waals surface area contributed by atoms with Crippen molar-refractivity contribution >= 4 is 17.8 Å². The van der Waals surface area contributed by atoms with Gasteiger partial charge in [-0.15, -0.1) is 0 Å². The lowest BCUT2D eigenvalue weighted by atomic mass is 10.0. The number of carbonyl (C=O) groups is 1. The third kappa shape index (κ3) is 3.60. The van der Waals surface area contributed by atoms with Crippen molar-refractivity contribution < 1.29 is 4.79 Å². The van der Waals surface area contributed by atoms with Crippen molar-refractivity contribution in [1.29, 1.82) is 0 Å². The predicted octanol–water partition coefficient (Wildman–Crippen LogP) is 3.84. The molecular formula is C20H22N4O. The summed E-state index contributed by atoms with van der Waals surface area (Å²) in [6, 6.07) is 12.0. The summed E-state index contributed by atoms with van der Waals surface area (Å²) in [6.07, 6.45) is 3.50. The summed E-state index contributed by atoms with van der Waals surface area (Å²) >= 11 is 0. The zero-order valence-electron chi connectivity index (χ0n) is 14.9. The predicted molar refractivity (Wildman–Crippen MR) is 100 cm³/mol. The number of benzene rings is 1. The number of pyridine rings is 1. The quantitative estimate of drug-likeness (QED) is 0.582. The molecule has 0 radical (unpaired) electrons. The van der Waals surface area contributed by atoms with Crippen LogP contribution < -0.4 is 5.43 Å². The molecule has 1 N–H and O–H groups in total. The first-order valence-corrected chi connectivity index (χ1v) is 8.34. The first-order chi connectivity index (χ1) is 12.0. The van der Waals surface area contributed by atoms with E-state index in [4.69, 9.17) is 0 Å². The number of aryl methyl sites for hydroxylation is 2. The van der Waals surface area contributed by atoms with E-state index in [0.717, 1.165) is 16.8 Å². The van der Waals surface area contributed by atoms with Gasteiger partial charge in [0, 0.05) is 6.20 Å². The molecule has 0 unspecified atom stereocenters. The van der Waals surface area contributed by atoms with Crippen molar-refractivity contribution in [2.75, 3.05) is 0 Å². The average Bonchev–Trinajstić information content (AvgIpc) is 2.90. The van der Waals surface area contributed by atoms with Crippen molar-refractivity contribution in [3.8, 4) is 0 Å². The van der Waals surface area contributed by atoms with Crippen LogP contribution in [-0.4, -0.2) is 21.5 Å². The largest absolute Gasteiger partial charge is 0.295 e. The maximum Gasteiger partial charge on any atom is 0.290 e. The molecule has 3 aromatic rings. The minimum absolute atomic E-state index is 0.274. The van der Waals surface area contributed by atoms with Crippen LogP contribution in [0.3, 0.4) is 0 Å². The monoisotopic (exact) mass is 334 g/mol. The normalized spacial score (nSPS) is 11.6. The molecule has 128 valence electrons. The Morgan fingerprint density at radius 2 is 1.92 bits per heavy atom. The molecule has 0 spiro atoms. The van der Waals surface area contributed by atoms with E-state index in [0.29, 0.717) is 17.3 Å². The van der Waals surface area contributed by atoms with E-state index in [1.54, 1.807) is 10.6 Å². The van der Waals surface area contributed by atoms with E-state index < -0.39 is 0 Å². The summed E-state index contributed by atoms with van der Waals surface area (Å²) < 4.78 is 1.78. The number of fused-ring (bicyclic) bond motifs is 1. The van der Waals surface area contributed by atoms with Gasteiger partial charge < -0.3 is 0 Å². The van der Waals surface area contributed by atoms with Crippen LogP contribution in [0, 0.1) is 13.8 Å². The van der Waals surface area contributed by atoms with Gasteiger partial charge in [0.1, 0.15) is 11.3 Å². The summed E-state index contributed by atoms with van der Waals surface area (Å²) in [7, 11) is 0. The van der Waals surface area contributed by atoms with Crippen LogP contribution in [0.15, 0.2) is 47.7 Å². The van der Waals surface area contributed by atoms with Crippen molar-refractivity contribution in [2.45, 2.75) is 33.6 Å². The minimum atomic E-state index is -0.274. The van der Waals surface area contributed by atoms with Gasteiger partial charge in [-0.05, 0) is 48.6 Å². The molecule has 0 aliphatic rings. The number of imidazole rings is 1. The van der Waals surface area contributed by atoms with Gasteiger partial charge in [-0.1, -0.05) is 38.1 Å². The summed E-state index contributed by atoms with van der Waals surface area (Å²) in [5.74, 6) is 0.219. The molecule has 2 heterocycles. The fourth-order valence-corrected chi connectivity index (χ4v) is 2.72. The van der Waals surface area contributed by atoms with Crippen LogP contribution in [0.5, 0.6) is 0 Å². The smallest absolute Gasteiger partial charge is 0.290 e. The molecule has 0 aliphatic heterocycles. The molecule has 25 heavy (non-hydrogen) atoms. The number of amides is 1. The van der Waals surface area contributed by atoms with Gasteiger partial charge in [-0.3, -0.25) is 9.20 Å². The van der Waals surface area contributed by atoms with Crippen molar-refractivity contribution in [1.82, 2.24) is 14.8 Å². The molecule has 0 saturated carbocycles. The second-order valence-corrected chi connectivity index (χ2v) is 6.50. The van der Waals surface area contributed by atoms with E-state index in [1.165, 1.54) is 5.56 Å². The first kappa shape index (κ1) is 16.9. The molecule has 5 nitrogen and oxygen atoms in total.